The first-order chi connectivity index (χ1) is 21.8. The molecule has 0 fully saturated rings. The molecule has 4 aromatic carbocycles. The second kappa shape index (κ2) is 21.5. The Hall–Kier alpha value is -4.25. The second-order valence-electron chi connectivity index (χ2n) is 9.65. The van der Waals surface area contributed by atoms with Crippen molar-refractivity contribution < 1.29 is 13.2 Å². The van der Waals surface area contributed by atoms with E-state index in [2.05, 4.69) is 105 Å². The van der Waals surface area contributed by atoms with Gasteiger partial charge >= 0.3 is 6.18 Å². The molecular formula is C40H51F3N2. The number of rotatable bonds is 9. The summed E-state index contributed by atoms with van der Waals surface area (Å²) in [6.07, 6.45) is 4.24. The first-order valence-electron chi connectivity index (χ1n) is 16.0. The van der Waals surface area contributed by atoms with Crippen LogP contribution in [0.5, 0.6) is 0 Å². The van der Waals surface area contributed by atoms with Crippen LogP contribution in [0.1, 0.15) is 73.8 Å². The Labute approximate surface area is 270 Å². The molecule has 0 bridgehead atoms. The monoisotopic (exact) mass is 616 g/mol. The zero-order valence-electron chi connectivity index (χ0n) is 28.2. The van der Waals surface area contributed by atoms with Crippen molar-refractivity contribution in [3.05, 3.63) is 139 Å². The Morgan fingerprint density at radius 3 is 1.53 bits per heavy atom. The Morgan fingerprint density at radius 2 is 1.16 bits per heavy atom. The molecule has 0 radical (unpaired) electrons. The van der Waals surface area contributed by atoms with Crippen LogP contribution in [0.2, 0.25) is 0 Å². The number of anilines is 3. The van der Waals surface area contributed by atoms with Gasteiger partial charge in [0.1, 0.15) is 0 Å². The smallest absolute Gasteiger partial charge is 0.383 e. The van der Waals surface area contributed by atoms with Gasteiger partial charge in [0.25, 0.3) is 0 Å². The molecule has 0 aromatic heterocycles. The quantitative estimate of drug-likeness (QED) is 0.188. The van der Waals surface area contributed by atoms with Gasteiger partial charge in [-0.15, -0.1) is 0 Å². The van der Waals surface area contributed by atoms with Crippen LogP contribution in [-0.2, 0) is 6.18 Å². The van der Waals surface area contributed by atoms with E-state index in [0.717, 1.165) is 41.8 Å². The average Bonchev–Trinajstić information content (AvgIpc) is 3.08. The largest absolute Gasteiger partial charge is 0.416 e. The fourth-order valence-corrected chi connectivity index (χ4v) is 4.21. The van der Waals surface area contributed by atoms with Crippen molar-refractivity contribution in [3.63, 3.8) is 0 Å². The number of hydrogen-bond donors (Lipinski definition) is 1. The Balaban J connectivity index is 0.000000406. The molecule has 0 saturated heterocycles. The molecule has 45 heavy (non-hydrogen) atoms. The zero-order chi connectivity index (χ0) is 33.7. The highest BCUT2D eigenvalue weighted by atomic mass is 19.4. The van der Waals surface area contributed by atoms with Crippen molar-refractivity contribution in [3.8, 4) is 11.1 Å². The molecule has 242 valence electrons. The molecule has 0 heterocycles. The molecule has 0 aliphatic carbocycles. The van der Waals surface area contributed by atoms with Gasteiger partial charge in [0.05, 0.1) is 5.56 Å². The summed E-state index contributed by atoms with van der Waals surface area (Å²) in [5.74, 6) is 0. The fraction of sp³-hybridized carbons (Fsp3) is 0.300. The topological polar surface area (TPSA) is 15.3 Å². The van der Waals surface area contributed by atoms with Crippen LogP contribution in [-0.4, -0.2) is 6.04 Å². The van der Waals surface area contributed by atoms with Gasteiger partial charge in [0.15, 0.2) is 0 Å². The van der Waals surface area contributed by atoms with E-state index >= 15 is 0 Å². The molecule has 5 heteroatoms. The van der Waals surface area contributed by atoms with E-state index in [9.17, 15) is 13.2 Å². The minimum Gasteiger partial charge on any atom is -0.383 e. The number of allylic oxidation sites excluding steroid dienone is 3. The number of hydrogen-bond acceptors (Lipinski definition) is 2. The Bertz CT molecular complexity index is 1320. The van der Waals surface area contributed by atoms with Crippen LogP contribution < -0.4 is 10.2 Å². The standard InChI is InChI=1S/C19H21N.C17H18F3N.2C2H6/c1-3-11-17(12-4-2)20(18-13-7-5-8-14-18)19-15-9-6-10-16-19;1-3-12(2)21-16-10-6-14(7-11-16)13-4-8-15(9-5-13)17(18,19)20;2*1-2/h3,5-16H,4H2,1-2H3;4-12,21H,3H2,1-2H3;2*1-2H3/b11-3-,17-12+;;;. The molecule has 0 aliphatic heterocycles. The molecule has 1 atom stereocenters. The molecule has 1 N–H and O–H groups in total. The number of alkyl halides is 3. The number of nitrogens with zero attached hydrogens (tertiary/aromatic N) is 1. The van der Waals surface area contributed by atoms with Gasteiger partial charge in [-0.2, -0.15) is 13.2 Å². The Kier molecular flexibility index (Phi) is 18.5. The summed E-state index contributed by atoms with van der Waals surface area (Å²) in [7, 11) is 0. The maximum atomic E-state index is 12.5. The summed E-state index contributed by atoms with van der Waals surface area (Å²) in [6.45, 7) is 16.4. The summed E-state index contributed by atoms with van der Waals surface area (Å²) < 4.78 is 37.6. The molecule has 1 unspecified atom stereocenters. The van der Waals surface area contributed by atoms with Crippen molar-refractivity contribution in [2.24, 2.45) is 0 Å². The highest BCUT2D eigenvalue weighted by Gasteiger charge is 2.29. The third kappa shape index (κ3) is 13.1. The summed E-state index contributed by atoms with van der Waals surface area (Å²) in [6, 6.07) is 34.3. The van der Waals surface area contributed by atoms with Crippen LogP contribution in [0, 0.1) is 0 Å². The first-order valence-corrected chi connectivity index (χ1v) is 16.0. The summed E-state index contributed by atoms with van der Waals surface area (Å²) >= 11 is 0. The molecule has 0 amide bonds. The lowest BCUT2D eigenvalue weighted by Gasteiger charge is -2.26. The third-order valence-corrected chi connectivity index (χ3v) is 6.49. The number of halogens is 3. The van der Waals surface area contributed by atoms with Crippen molar-refractivity contribution in [2.75, 3.05) is 10.2 Å². The van der Waals surface area contributed by atoms with Gasteiger partial charge < -0.3 is 10.2 Å². The van der Waals surface area contributed by atoms with Crippen LogP contribution in [0.25, 0.3) is 11.1 Å². The van der Waals surface area contributed by atoms with Crippen molar-refractivity contribution in [1.29, 1.82) is 0 Å². The zero-order valence-corrected chi connectivity index (χ0v) is 28.2. The molecule has 0 saturated carbocycles. The third-order valence-electron chi connectivity index (χ3n) is 6.49. The van der Waals surface area contributed by atoms with E-state index in [-0.39, 0.29) is 0 Å². The van der Waals surface area contributed by atoms with E-state index < -0.39 is 11.7 Å². The highest BCUT2D eigenvalue weighted by molar-refractivity contribution is 5.70. The summed E-state index contributed by atoms with van der Waals surface area (Å²) in [5.41, 5.74) is 5.62. The SMILES string of the molecule is C/C=C\C(=C/CC)N(c1ccccc1)c1ccccc1.CC.CC.CCC(C)Nc1ccc(-c2ccc(C(F)(F)F)cc2)cc1. The van der Waals surface area contributed by atoms with Crippen LogP contribution >= 0.6 is 0 Å². The predicted octanol–water partition coefficient (Wildman–Crippen LogP) is 13.3. The molecule has 4 rings (SSSR count). The normalized spacial score (nSPS) is 11.6. The second-order valence-corrected chi connectivity index (χ2v) is 9.65. The van der Waals surface area contributed by atoms with Gasteiger partial charge in [-0.05, 0) is 92.4 Å². The van der Waals surface area contributed by atoms with Gasteiger partial charge in [0, 0.05) is 28.8 Å². The van der Waals surface area contributed by atoms with Gasteiger partial charge in [-0.25, -0.2) is 0 Å². The summed E-state index contributed by atoms with van der Waals surface area (Å²) in [5, 5.41) is 3.35. The van der Waals surface area contributed by atoms with E-state index in [1.807, 2.05) is 64.1 Å². The minimum absolute atomic E-state index is 0.391. The predicted molar refractivity (Wildman–Crippen MR) is 191 cm³/mol. The van der Waals surface area contributed by atoms with E-state index in [0.29, 0.717) is 6.04 Å². The average molecular weight is 617 g/mol. The van der Waals surface area contributed by atoms with Crippen LogP contribution in [0.3, 0.4) is 0 Å². The van der Waals surface area contributed by atoms with E-state index in [4.69, 9.17) is 0 Å². The lowest BCUT2D eigenvalue weighted by molar-refractivity contribution is -0.137. The molecule has 0 aliphatic rings. The lowest BCUT2D eigenvalue weighted by atomic mass is 10.0. The highest BCUT2D eigenvalue weighted by Crippen LogP contribution is 2.32. The number of para-hydroxylation sites is 2. The van der Waals surface area contributed by atoms with Gasteiger partial charge in [0.2, 0.25) is 0 Å². The number of nitrogens with one attached hydrogen (secondary N) is 1. The molecular weight excluding hydrogens is 565 g/mol. The minimum atomic E-state index is -4.29. The molecule has 2 nitrogen and oxygen atoms in total. The van der Waals surface area contributed by atoms with Crippen molar-refractivity contribution in [2.45, 2.75) is 80.4 Å². The van der Waals surface area contributed by atoms with Gasteiger partial charge in [-0.3, -0.25) is 0 Å². The Morgan fingerprint density at radius 1 is 0.711 bits per heavy atom. The fourth-order valence-electron chi connectivity index (χ4n) is 4.21. The first kappa shape index (κ1) is 38.8. The van der Waals surface area contributed by atoms with E-state index in [1.54, 1.807) is 0 Å². The van der Waals surface area contributed by atoms with Gasteiger partial charge in [-0.1, -0.05) is 114 Å². The maximum absolute atomic E-state index is 12.5. The van der Waals surface area contributed by atoms with Crippen LogP contribution in [0.15, 0.2) is 133 Å². The lowest BCUT2D eigenvalue weighted by Crippen LogP contribution is -2.15. The molecule has 0 spiro atoms. The maximum Gasteiger partial charge on any atom is 0.416 e. The van der Waals surface area contributed by atoms with Crippen molar-refractivity contribution >= 4 is 17.1 Å². The van der Waals surface area contributed by atoms with Crippen molar-refractivity contribution in [1.82, 2.24) is 0 Å². The van der Waals surface area contributed by atoms with E-state index in [1.165, 1.54) is 29.2 Å². The number of benzene rings is 4. The van der Waals surface area contributed by atoms with Crippen LogP contribution in [0.4, 0.5) is 30.2 Å². The summed E-state index contributed by atoms with van der Waals surface area (Å²) in [4.78, 5) is 2.28. The molecule has 4 aromatic rings.